The van der Waals surface area contributed by atoms with E-state index >= 15 is 0 Å². The van der Waals surface area contributed by atoms with Crippen LogP contribution in [0.3, 0.4) is 0 Å². The molecule has 0 radical (unpaired) electrons. The Kier molecular flexibility index (Phi) is 2.30. The summed E-state index contributed by atoms with van der Waals surface area (Å²) in [6.07, 6.45) is 2.09. The molecule has 2 N–H and O–H groups in total. The minimum Gasteiger partial charge on any atom is -0.350 e. The first kappa shape index (κ1) is 9.28. The standard InChI is InChI=1S/C12H16N2/c1-9(8-13)11-5-3-4-10-6-7-14(2)12(10)11/h3-7,9H,8,13H2,1-2H3. The van der Waals surface area contributed by atoms with Gasteiger partial charge in [0.2, 0.25) is 0 Å². The highest BCUT2D eigenvalue weighted by molar-refractivity contribution is 5.83. The van der Waals surface area contributed by atoms with Gasteiger partial charge in [0.1, 0.15) is 0 Å². The number of fused-ring (bicyclic) bond motifs is 1. The van der Waals surface area contributed by atoms with E-state index < -0.39 is 0 Å². The molecular formula is C12H16N2. The zero-order valence-corrected chi connectivity index (χ0v) is 8.70. The van der Waals surface area contributed by atoms with Crippen LogP contribution in [0.1, 0.15) is 18.4 Å². The van der Waals surface area contributed by atoms with E-state index in [9.17, 15) is 0 Å². The summed E-state index contributed by atoms with van der Waals surface area (Å²) in [5.74, 6) is 0.423. The molecule has 0 spiro atoms. The second-order valence-corrected chi connectivity index (χ2v) is 3.85. The van der Waals surface area contributed by atoms with Crippen LogP contribution in [0.2, 0.25) is 0 Å². The van der Waals surface area contributed by atoms with Crippen molar-refractivity contribution in [2.75, 3.05) is 6.54 Å². The highest BCUT2D eigenvalue weighted by Crippen LogP contribution is 2.25. The van der Waals surface area contributed by atoms with Crippen molar-refractivity contribution in [1.29, 1.82) is 0 Å². The highest BCUT2D eigenvalue weighted by Gasteiger charge is 2.09. The fourth-order valence-electron chi connectivity index (χ4n) is 1.91. The molecule has 0 saturated heterocycles. The fourth-order valence-corrected chi connectivity index (χ4v) is 1.91. The average Bonchev–Trinajstić information content (AvgIpc) is 2.59. The third-order valence-electron chi connectivity index (χ3n) is 2.81. The van der Waals surface area contributed by atoms with Gasteiger partial charge < -0.3 is 10.3 Å². The Morgan fingerprint density at radius 1 is 1.36 bits per heavy atom. The van der Waals surface area contributed by atoms with Crippen LogP contribution in [-0.2, 0) is 7.05 Å². The monoisotopic (exact) mass is 188 g/mol. The Labute approximate surface area is 84.3 Å². The molecule has 0 fully saturated rings. The molecule has 2 nitrogen and oxygen atoms in total. The number of aromatic nitrogens is 1. The number of hydrogen-bond donors (Lipinski definition) is 1. The molecule has 2 aromatic rings. The van der Waals surface area contributed by atoms with Crippen LogP contribution in [0, 0.1) is 0 Å². The highest BCUT2D eigenvalue weighted by atomic mass is 14.9. The Bertz CT molecular complexity index is 443. The van der Waals surface area contributed by atoms with Gasteiger partial charge in [0.25, 0.3) is 0 Å². The van der Waals surface area contributed by atoms with Crippen molar-refractivity contribution in [3.63, 3.8) is 0 Å². The van der Waals surface area contributed by atoms with Crippen molar-refractivity contribution in [3.8, 4) is 0 Å². The van der Waals surface area contributed by atoms with Crippen LogP contribution in [0.5, 0.6) is 0 Å². The Balaban J connectivity index is 2.69. The quantitative estimate of drug-likeness (QED) is 0.770. The Morgan fingerprint density at radius 3 is 2.86 bits per heavy atom. The predicted octanol–water partition coefficient (Wildman–Crippen LogP) is 2.24. The van der Waals surface area contributed by atoms with Crippen LogP contribution in [-0.4, -0.2) is 11.1 Å². The van der Waals surface area contributed by atoms with Gasteiger partial charge >= 0.3 is 0 Å². The number of hydrogen-bond acceptors (Lipinski definition) is 1. The van der Waals surface area contributed by atoms with Crippen molar-refractivity contribution in [2.24, 2.45) is 12.8 Å². The summed E-state index contributed by atoms with van der Waals surface area (Å²) in [6.45, 7) is 2.87. The summed E-state index contributed by atoms with van der Waals surface area (Å²) in [5.41, 5.74) is 8.36. The summed E-state index contributed by atoms with van der Waals surface area (Å²) in [6, 6.07) is 8.55. The maximum Gasteiger partial charge on any atom is 0.0513 e. The lowest BCUT2D eigenvalue weighted by Gasteiger charge is -2.11. The van der Waals surface area contributed by atoms with E-state index in [0.717, 1.165) is 0 Å². The molecule has 1 aromatic heterocycles. The minimum absolute atomic E-state index is 0.423. The van der Waals surface area contributed by atoms with Gasteiger partial charge in [-0.3, -0.25) is 0 Å². The second-order valence-electron chi connectivity index (χ2n) is 3.85. The first-order valence-electron chi connectivity index (χ1n) is 4.98. The molecule has 0 aliphatic rings. The van der Waals surface area contributed by atoms with Crippen LogP contribution >= 0.6 is 0 Å². The molecular weight excluding hydrogens is 172 g/mol. The number of para-hydroxylation sites is 1. The lowest BCUT2D eigenvalue weighted by Crippen LogP contribution is -2.09. The van der Waals surface area contributed by atoms with Gasteiger partial charge in [-0.05, 0) is 29.5 Å². The lowest BCUT2D eigenvalue weighted by molar-refractivity contribution is 0.773. The lowest BCUT2D eigenvalue weighted by atomic mass is 9.99. The van der Waals surface area contributed by atoms with Crippen molar-refractivity contribution >= 4 is 10.9 Å². The zero-order valence-electron chi connectivity index (χ0n) is 8.70. The number of nitrogens with two attached hydrogens (primary N) is 1. The maximum atomic E-state index is 5.70. The molecule has 0 bridgehead atoms. The van der Waals surface area contributed by atoms with Gasteiger partial charge in [0, 0.05) is 13.2 Å². The van der Waals surface area contributed by atoms with Crippen LogP contribution in [0.4, 0.5) is 0 Å². The summed E-state index contributed by atoms with van der Waals surface area (Å²) < 4.78 is 2.16. The van der Waals surface area contributed by atoms with Gasteiger partial charge in [0.05, 0.1) is 5.52 Å². The molecule has 74 valence electrons. The largest absolute Gasteiger partial charge is 0.350 e. The molecule has 2 rings (SSSR count). The SMILES string of the molecule is CC(CN)c1cccc2ccn(C)c12. The maximum absolute atomic E-state index is 5.70. The molecule has 0 amide bonds. The van der Waals surface area contributed by atoms with E-state index in [2.05, 4.69) is 49.0 Å². The van der Waals surface area contributed by atoms with E-state index in [1.165, 1.54) is 16.5 Å². The molecule has 2 heteroatoms. The predicted molar refractivity (Wildman–Crippen MR) is 60.4 cm³/mol. The van der Waals surface area contributed by atoms with Crippen LogP contribution < -0.4 is 5.73 Å². The van der Waals surface area contributed by atoms with Crippen LogP contribution in [0.15, 0.2) is 30.5 Å². The number of rotatable bonds is 2. The first-order valence-corrected chi connectivity index (χ1v) is 4.98. The van der Waals surface area contributed by atoms with E-state index in [-0.39, 0.29) is 0 Å². The molecule has 0 aliphatic heterocycles. The third kappa shape index (κ3) is 1.32. The van der Waals surface area contributed by atoms with Gasteiger partial charge in [-0.2, -0.15) is 0 Å². The first-order chi connectivity index (χ1) is 6.74. The van der Waals surface area contributed by atoms with Crippen molar-refractivity contribution < 1.29 is 0 Å². The smallest absolute Gasteiger partial charge is 0.0513 e. The van der Waals surface area contributed by atoms with Crippen LogP contribution in [0.25, 0.3) is 10.9 Å². The fraction of sp³-hybridized carbons (Fsp3) is 0.333. The summed E-state index contributed by atoms with van der Waals surface area (Å²) in [5, 5.41) is 1.30. The van der Waals surface area contributed by atoms with Gasteiger partial charge in [-0.1, -0.05) is 25.1 Å². The molecule has 1 heterocycles. The molecule has 0 saturated carbocycles. The second kappa shape index (κ2) is 3.46. The molecule has 1 atom stereocenters. The minimum atomic E-state index is 0.423. The molecule has 0 aliphatic carbocycles. The Morgan fingerprint density at radius 2 is 2.14 bits per heavy atom. The van der Waals surface area contributed by atoms with Gasteiger partial charge in [0.15, 0.2) is 0 Å². The van der Waals surface area contributed by atoms with E-state index in [0.29, 0.717) is 12.5 Å². The topological polar surface area (TPSA) is 30.9 Å². The number of aryl methyl sites for hydroxylation is 1. The zero-order chi connectivity index (χ0) is 10.1. The van der Waals surface area contributed by atoms with E-state index in [1.54, 1.807) is 0 Å². The normalized spacial score (nSPS) is 13.4. The van der Waals surface area contributed by atoms with Crippen molar-refractivity contribution in [2.45, 2.75) is 12.8 Å². The van der Waals surface area contributed by atoms with Crippen molar-refractivity contribution in [3.05, 3.63) is 36.0 Å². The van der Waals surface area contributed by atoms with Gasteiger partial charge in [-0.25, -0.2) is 0 Å². The average molecular weight is 188 g/mol. The summed E-state index contributed by atoms with van der Waals surface area (Å²) in [7, 11) is 2.08. The number of benzene rings is 1. The molecule has 14 heavy (non-hydrogen) atoms. The molecule has 1 aromatic carbocycles. The van der Waals surface area contributed by atoms with E-state index in [4.69, 9.17) is 5.73 Å². The van der Waals surface area contributed by atoms with Crippen molar-refractivity contribution in [1.82, 2.24) is 4.57 Å². The summed E-state index contributed by atoms with van der Waals surface area (Å²) >= 11 is 0. The third-order valence-corrected chi connectivity index (χ3v) is 2.81. The number of nitrogens with zero attached hydrogens (tertiary/aromatic N) is 1. The molecule has 1 unspecified atom stereocenters. The van der Waals surface area contributed by atoms with Gasteiger partial charge in [-0.15, -0.1) is 0 Å². The summed E-state index contributed by atoms with van der Waals surface area (Å²) in [4.78, 5) is 0. The van der Waals surface area contributed by atoms with E-state index in [1.807, 2.05) is 0 Å². The Hall–Kier alpha value is -1.28.